The van der Waals surface area contributed by atoms with E-state index < -0.39 is 0 Å². The Bertz CT molecular complexity index is 758. The zero-order valence-corrected chi connectivity index (χ0v) is 16.1. The Morgan fingerprint density at radius 1 is 1.19 bits per heavy atom. The number of hydrogen-bond acceptors (Lipinski definition) is 3. The third kappa shape index (κ3) is 6.92. The molecule has 2 aromatic rings. The van der Waals surface area contributed by atoms with Gasteiger partial charge in [0.05, 0.1) is 7.11 Å². The van der Waals surface area contributed by atoms with Gasteiger partial charge in [-0.3, -0.25) is 9.79 Å². The van der Waals surface area contributed by atoms with Crippen molar-refractivity contribution in [2.24, 2.45) is 4.99 Å². The number of aliphatic imine (C=N–C) groups is 1. The summed E-state index contributed by atoms with van der Waals surface area (Å²) in [6.07, 6.45) is 7.21. The highest BCUT2D eigenvalue weighted by atomic mass is 19.1. The molecule has 1 aromatic heterocycles. The van der Waals surface area contributed by atoms with E-state index in [-0.39, 0.29) is 11.8 Å². The van der Waals surface area contributed by atoms with Gasteiger partial charge in [0.1, 0.15) is 5.82 Å². The van der Waals surface area contributed by atoms with E-state index >= 15 is 0 Å². The van der Waals surface area contributed by atoms with E-state index in [2.05, 4.69) is 25.3 Å². The SMILES string of the molecule is CN=C(NCCCCCCC(=O)OC)NCCc1c[nH]c2cc(F)ccc12. The number of unbranched alkanes of at least 4 members (excludes halogenated alkanes) is 3. The Balaban J connectivity index is 1.62. The molecule has 27 heavy (non-hydrogen) atoms. The molecule has 0 fully saturated rings. The van der Waals surface area contributed by atoms with Crippen LogP contribution < -0.4 is 10.6 Å². The summed E-state index contributed by atoms with van der Waals surface area (Å²) < 4.78 is 17.9. The van der Waals surface area contributed by atoms with E-state index in [0.717, 1.165) is 67.6 Å². The van der Waals surface area contributed by atoms with Crippen LogP contribution in [0.1, 0.15) is 37.7 Å². The van der Waals surface area contributed by atoms with Gasteiger partial charge in [-0.05, 0) is 43.0 Å². The molecule has 1 aromatic carbocycles. The summed E-state index contributed by atoms with van der Waals surface area (Å²) in [7, 11) is 3.17. The van der Waals surface area contributed by atoms with Crippen molar-refractivity contribution in [3.05, 3.63) is 35.8 Å². The highest BCUT2D eigenvalue weighted by Gasteiger charge is 2.05. The molecule has 0 aliphatic rings. The standard InChI is InChI=1S/C20H29FN4O2/c1-22-20(23-11-6-4-3-5-7-19(26)27-2)24-12-10-15-14-25-18-13-16(21)8-9-17(15)18/h8-9,13-14,25H,3-7,10-12H2,1-2H3,(H2,22,23,24). The smallest absolute Gasteiger partial charge is 0.305 e. The number of rotatable bonds is 10. The Morgan fingerprint density at radius 3 is 2.74 bits per heavy atom. The lowest BCUT2D eigenvalue weighted by molar-refractivity contribution is -0.140. The second kappa shape index (κ2) is 11.2. The first-order valence-corrected chi connectivity index (χ1v) is 9.41. The highest BCUT2D eigenvalue weighted by molar-refractivity contribution is 5.83. The van der Waals surface area contributed by atoms with Gasteiger partial charge in [-0.2, -0.15) is 0 Å². The molecule has 0 aliphatic heterocycles. The number of nitrogens with zero attached hydrogens (tertiary/aromatic N) is 1. The van der Waals surface area contributed by atoms with E-state index in [9.17, 15) is 9.18 Å². The number of ether oxygens (including phenoxy) is 1. The van der Waals surface area contributed by atoms with Gasteiger partial charge in [0.15, 0.2) is 5.96 Å². The molecule has 148 valence electrons. The number of fused-ring (bicyclic) bond motifs is 1. The number of nitrogens with one attached hydrogen (secondary N) is 3. The van der Waals surface area contributed by atoms with E-state index in [1.807, 2.05) is 12.3 Å². The number of carbonyl (C=O) groups excluding carboxylic acids is 1. The van der Waals surface area contributed by atoms with Crippen LogP contribution in [0.5, 0.6) is 0 Å². The Kier molecular flexibility index (Phi) is 8.61. The molecular weight excluding hydrogens is 347 g/mol. The highest BCUT2D eigenvalue weighted by Crippen LogP contribution is 2.19. The molecular formula is C20H29FN4O2. The van der Waals surface area contributed by atoms with Crippen LogP contribution in [0.2, 0.25) is 0 Å². The molecule has 0 saturated heterocycles. The van der Waals surface area contributed by atoms with E-state index in [1.165, 1.54) is 19.2 Å². The zero-order valence-electron chi connectivity index (χ0n) is 16.1. The van der Waals surface area contributed by atoms with Crippen molar-refractivity contribution in [2.45, 2.75) is 38.5 Å². The monoisotopic (exact) mass is 376 g/mol. The average Bonchev–Trinajstić information content (AvgIpc) is 3.07. The molecule has 6 nitrogen and oxygen atoms in total. The topological polar surface area (TPSA) is 78.5 Å². The first-order valence-electron chi connectivity index (χ1n) is 9.41. The number of esters is 1. The summed E-state index contributed by atoms with van der Waals surface area (Å²) >= 11 is 0. The lowest BCUT2D eigenvalue weighted by Gasteiger charge is -2.11. The normalized spacial score (nSPS) is 11.6. The molecule has 0 amide bonds. The maximum absolute atomic E-state index is 13.2. The average molecular weight is 376 g/mol. The van der Waals surface area contributed by atoms with Gasteiger partial charge in [-0.1, -0.05) is 12.8 Å². The van der Waals surface area contributed by atoms with E-state index in [1.54, 1.807) is 7.05 Å². The van der Waals surface area contributed by atoms with Crippen LogP contribution in [0.25, 0.3) is 10.9 Å². The van der Waals surface area contributed by atoms with Gasteiger partial charge in [-0.25, -0.2) is 4.39 Å². The van der Waals surface area contributed by atoms with Crippen LogP contribution >= 0.6 is 0 Å². The number of aromatic nitrogens is 1. The van der Waals surface area contributed by atoms with Gasteiger partial charge < -0.3 is 20.4 Å². The molecule has 3 N–H and O–H groups in total. The van der Waals surface area contributed by atoms with Gasteiger partial charge in [-0.15, -0.1) is 0 Å². The Hall–Kier alpha value is -2.57. The van der Waals surface area contributed by atoms with Crippen molar-refractivity contribution in [3.63, 3.8) is 0 Å². The van der Waals surface area contributed by atoms with Crippen LogP contribution in [-0.4, -0.2) is 44.2 Å². The van der Waals surface area contributed by atoms with Crippen LogP contribution in [0.15, 0.2) is 29.4 Å². The zero-order chi connectivity index (χ0) is 19.5. The fourth-order valence-electron chi connectivity index (χ4n) is 2.96. The van der Waals surface area contributed by atoms with E-state index in [4.69, 9.17) is 0 Å². The third-order valence-corrected chi connectivity index (χ3v) is 4.47. The minimum Gasteiger partial charge on any atom is -0.469 e. The second-order valence-electron chi connectivity index (χ2n) is 6.42. The predicted molar refractivity (Wildman–Crippen MR) is 106 cm³/mol. The lowest BCUT2D eigenvalue weighted by Crippen LogP contribution is -2.38. The molecule has 0 atom stereocenters. The number of halogens is 1. The van der Waals surface area contributed by atoms with Crippen LogP contribution in [0, 0.1) is 5.82 Å². The third-order valence-electron chi connectivity index (χ3n) is 4.47. The Labute approximate surface area is 159 Å². The molecule has 0 aliphatic carbocycles. The molecule has 2 rings (SSSR count). The van der Waals surface area contributed by atoms with Crippen molar-refractivity contribution >= 4 is 22.8 Å². The van der Waals surface area contributed by atoms with Crippen molar-refractivity contribution in [3.8, 4) is 0 Å². The first kappa shape index (κ1) is 20.7. The van der Waals surface area contributed by atoms with Gasteiger partial charge >= 0.3 is 5.97 Å². The fourth-order valence-corrected chi connectivity index (χ4v) is 2.96. The minimum atomic E-state index is -0.232. The lowest BCUT2D eigenvalue weighted by atomic mass is 10.1. The van der Waals surface area contributed by atoms with Crippen molar-refractivity contribution in [2.75, 3.05) is 27.2 Å². The number of hydrogen-bond donors (Lipinski definition) is 3. The van der Waals surface area contributed by atoms with Gasteiger partial charge in [0, 0.05) is 43.7 Å². The van der Waals surface area contributed by atoms with Gasteiger partial charge in [0.2, 0.25) is 0 Å². The molecule has 1 heterocycles. The number of carbonyl (C=O) groups is 1. The number of H-pyrrole nitrogens is 1. The van der Waals surface area contributed by atoms with E-state index in [0.29, 0.717) is 6.42 Å². The first-order chi connectivity index (χ1) is 13.1. The second-order valence-corrected chi connectivity index (χ2v) is 6.42. The summed E-state index contributed by atoms with van der Waals surface area (Å²) in [5, 5.41) is 7.64. The summed E-state index contributed by atoms with van der Waals surface area (Å²) in [6, 6.07) is 4.81. The largest absolute Gasteiger partial charge is 0.469 e. The quantitative estimate of drug-likeness (QED) is 0.258. The van der Waals surface area contributed by atoms with Crippen LogP contribution in [0.4, 0.5) is 4.39 Å². The van der Waals surface area contributed by atoms with Crippen LogP contribution in [-0.2, 0) is 16.0 Å². The number of methoxy groups -OCH3 is 1. The van der Waals surface area contributed by atoms with Crippen molar-refractivity contribution in [1.29, 1.82) is 0 Å². The van der Waals surface area contributed by atoms with Gasteiger partial charge in [0.25, 0.3) is 0 Å². The number of aromatic amines is 1. The Morgan fingerprint density at radius 2 is 1.96 bits per heavy atom. The van der Waals surface area contributed by atoms with Crippen molar-refractivity contribution in [1.82, 2.24) is 15.6 Å². The summed E-state index contributed by atoms with van der Waals surface area (Å²) in [5.41, 5.74) is 1.97. The molecule has 0 radical (unpaired) electrons. The predicted octanol–water partition coefficient (Wildman–Crippen LogP) is 3.14. The number of benzene rings is 1. The maximum atomic E-state index is 13.2. The number of guanidine groups is 1. The van der Waals surface area contributed by atoms with Crippen molar-refractivity contribution < 1.29 is 13.9 Å². The molecule has 0 unspecified atom stereocenters. The maximum Gasteiger partial charge on any atom is 0.305 e. The van der Waals surface area contributed by atoms with Crippen LogP contribution in [0.3, 0.4) is 0 Å². The summed E-state index contributed by atoms with van der Waals surface area (Å²) in [6.45, 7) is 1.58. The minimum absolute atomic E-state index is 0.141. The molecule has 7 heteroatoms. The molecule has 0 spiro atoms. The molecule has 0 saturated carbocycles. The summed E-state index contributed by atoms with van der Waals surface area (Å²) in [4.78, 5) is 18.4. The summed E-state index contributed by atoms with van der Waals surface area (Å²) in [5.74, 6) is 0.400. The fraction of sp³-hybridized carbons (Fsp3) is 0.500. The molecule has 0 bridgehead atoms.